The first-order valence-electron chi connectivity index (χ1n) is 5.35. The van der Waals surface area contributed by atoms with Gasteiger partial charge in [0.2, 0.25) is 0 Å². The number of fused-ring (bicyclic) bond motifs is 1. The third-order valence-electron chi connectivity index (χ3n) is 2.71. The maximum absolute atomic E-state index is 4.24. The highest BCUT2D eigenvalue weighted by Crippen LogP contribution is 2.10. The van der Waals surface area contributed by atoms with E-state index in [1.54, 1.807) is 6.33 Å². The molecule has 1 aliphatic heterocycles. The summed E-state index contributed by atoms with van der Waals surface area (Å²) >= 11 is 0. The maximum atomic E-state index is 4.24. The number of aromatic nitrogens is 3. The molecule has 0 saturated carbocycles. The van der Waals surface area contributed by atoms with Crippen molar-refractivity contribution in [3.63, 3.8) is 0 Å². The van der Waals surface area contributed by atoms with Crippen molar-refractivity contribution in [1.29, 1.82) is 0 Å². The van der Waals surface area contributed by atoms with Crippen LogP contribution in [0, 0.1) is 5.92 Å². The van der Waals surface area contributed by atoms with E-state index in [0.717, 1.165) is 31.4 Å². The number of rotatable bonds is 3. The van der Waals surface area contributed by atoms with Gasteiger partial charge in [-0.1, -0.05) is 13.8 Å². The van der Waals surface area contributed by atoms with E-state index in [4.69, 9.17) is 0 Å². The summed E-state index contributed by atoms with van der Waals surface area (Å²) in [5, 5.41) is 4.17. The molecule has 0 radical (unpaired) electrons. The molecule has 78 valence electrons. The minimum absolute atomic E-state index is 0.787. The van der Waals surface area contributed by atoms with Crippen LogP contribution in [0.3, 0.4) is 0 Å². The second-order valence-electron chi connectivity index (χ2n) is 4.36. The van der Waals surface area contributed by atoms with E-state index in [2.05, 4.69) is 28.8 Å². The van der Waals surface area contributed by atoms with Gasteiger partial charge in [0.25, 0.3) is 0 Å². The van der Waals surface area contributed by atoms with Crippen LogP contribution < -0.4 is 0 Å². The second kappa shape index (κ2) is 4.09. The molecule has 2 rings (SSSR count). The van der Waals surface area contributed by atoms with E-state index in [9.17, 15) is 0 Å². The lowest BCUT2D eigenvalue weighted by Crippen LogP contribution is -2.35. The largest absolute Gasteiger partial charge is 0.294 e. The lowest BCUT2D eigenvalue weighted by molar-refractivity contribution is 0.199. The average molecular weight is 194 g/mol. The zero-order valence-electron chi connectivity index (χ0n) is 8.98. The van der Waals surface area contributed by atoms with Crippen LogP contribution in [0.25, 0.3) is 0 Å². The van der Waals surface area contributed by atoms with Crippen molar-refractivity contribution in [2.24, 2.45) is 5.92 Å². The fourth-order valence-electron chi connectivity index (χ4n) is 1.74. The highest BCUT2D eigenvalue weighted by molar-refractivity contribution is 4.88. The van der Waals surface area contributed by atoms with Crippen LogP contribution in [-0.2, 0) is 13.1 Å². The van der Waals surface area contributed by atoms with E-state index in [-0.39, 0.29) is 0 Å². The summed E-state index contributed by atoms with van der Waals surface area (Å²) in [6.07, 6.45) is 2.93. The first-order chi connectivity index (χ1) is 6.75. The summed E-state index contributed by atoms with van der Waals surface area (Å²) < 4.78 is 2.01. The normalized spacial score (nSPS) is 17.4. The van der Waals surface area contributed by atoms with Gasteiger partial charge in [-0.2, -0.15) is 5.10 Å². The summed E-state index contributed by atoms with van der Waals surface area (Å²) in [7, 11) is 0. The molecule has 2 heterocycles. The molecule has 0 aliphatic carbocycles. The van der Waals surface area contributed by atoms with E-state index >= 15 is 0 Å². The maximum Gasteiger partial charge on any atom is 0.141 e. The number of hydrogen-bond donors (Lipinski definition) is 0. The highest BCUT2D eigenvalue weighted by atomic mass is 15.4. The molecule has 0 bridgehead atoms. The lowest BCUT2D eigenvalue weighted by Gasteiger charge is -2.26. The Labute approximate surface area is 84.9 Å². The van der Waals surface area contributed by atoms with Gasteiger partial charge in [-0.3, -0.25) is 4.90 Å². The summed E-state index contributed by atoms with van der Waals surface area (Å²) in [6, 6.07) is 0. The van der Waals surface area contributed by atoms with E-state index in [1.165, 1.54) is 13.0 Å². The van der Waals surface area contributed by atoms with Gasteiger partial charge in [0.15, 0.2) is 0 Å². The molecule has 0 amide bonds. The SMILES string of the molecule is CC(C)CCN1CCn2ncnc2C1. The van der Waals surface area contributed by atoms with Crippen LogP contribution in [0.5, 0.6) is 0 Å². The molecule has 0 N–H and O–H groups in total. The Bertz CT molecular complexity index is 292. The standard InChI is InChI=1S/C10H18N4/c1-9(2)3-4-13-5-6-14-10(7-13)11-8-12-14/h8-9H,3-7H2,1-2H3. The van der Waals surface area contributed by atoms with Crippen LogP contribution in [0.15, 0.2) is 6.33 Å². The van der Waals surface area contributed by atoms with Gasteiger partial charge in [-0.25, -0.2) is 9.67 Å². The lowest BCUT2D eigenvalue weighted by atomic mass is 10.1. The molecule has 0 unspecified atom stereocenters. The molecule has 1 aliphatic rings. The average Bonchev–Trinajstić information content (AvgIpc) is 2.61. The topological polar surface area (TPSA) is 34.0 Å². The molecule has 4 nitrogen and oxygen atoms in total. The molecule has 1 aromatic heterocycles. The Balaban J connectivity index is 1.88. The Morgan fingerprint density at radius 1 is 1.43 bits per heavy atom. The van der Waals surface area contributed by atoms with Crippen LogP contribution in [0.2, 0.25) is 0 Å². The Morgan fingerprint density at radius 2 is 2.29 bits per heavy atom. The van der Waals surface area contributed by atoms with Gasteiger partial charge < -0.3 is 0 Å². The van der Waals surface area contributed by atoms with Crippen molar-refractivity contribution in [2.45, 2.75) is 33.4 Å². The van der Waals surface area contributed by atoms with Crippen LogP contribution in [-0.4, -0.2) is 32.8 Å². The molecule has 0 aromatic carbocycles. The predicted molar refractivity (Wildman–Crippen MR) is 54.8 cm³/mol. The summed E-state index contributed by atoms with van der Waals surface area (Å²) in [4.78, 5) is 6.71. The highest BCUT2D eigenvalue weighted by Gasteiger charge is 2.16. The van der Waals surface area contributed by atoms with Gasteiger partial charge in [0, 0.05) is 6.54 Å². The van der Waals surface area contributed by atoms with Crippen molar-refractivity contribution in [2.75, 3.05) is 13.1 Å². The summed E-state index contributed by atoms with van der Waals surface area (Å²) in [5.74, 6) is 1.90. The molecule has 4 heteroatoms. The summed E-state index contributed by atoms with van der Waals surface area (Å²) in [6.45, 7) is 8.80. The first kappa shape index (κ1) is 9.65. The predicted octanol–water partition coefficient (Wildman–Crippen LogP) is 1.14. The first-order valence-corrected chi connectivity index (χ1v) is 5.35. The van der Waals surface area contributed by atoms with Crippen LogP contribution in [0.4, 0.5) is 0 Å². The van der Waals surface area contributed by atoms with Crippen molar-refractivity contribution in [3.05, 3.63) is 12.2 Å². The molecule has 0 atom stereocenters. The van der Waals surface area contributed by atoms with Crippen molar-refractivity contribution < 1.29 is 0 Å². The third kappa shape index (κ3) is 2.12. The van der Waals surface area contributed by atoms with Gasteiger partial charge in [0.1, 0.15) is 12.2 Å². The van der Waals surface area contributed by atoms with E-state index in [0.29, 0.717) is 0 Å². The molecular formula is C10H18N4. The monoisotopic (exact) mass is 194 g/mol. The Hall–Kier alpha value is -0.900. The summed E-state index contributed by atoms with van der Waals surface area (Å²) in [5.41, 5.74) is 0. The quantitative estimate of drug-likeness (QED) is 0.723. The van der Waals surface area contributed by atoms with Gasteiger partial charge in [-0.05, 0) is 18.9 Å². The minimum atomic E-state index is 0.787. The van der Waals surface area contributed by atoms with E-state index in [1.807, 2.05) is 4.68 Å². The minimum Gasteiger partial charge on any atom is -0.294 e. The van der Waals surface area contributed by atoms with Gasteiger partial charge in [0.05, 0.1) is 13.1 Å². The van der Waals surface area contributed by atoms with Crippen molar-refractivity contribution in [3.8, 4) is 0 Å². The molecule has 1 aromatic rings. The number of hydrogen-bond acceptors (Lipinski definition) is 3. The number of nitrogens with zero attached hydrogens (tertiary/aromatic N) is 4. The van der Waals surface area contributed by atoms with Crippen molar-refractivity contribution in [1.82, 2.24) is 19.7 Å². The van der Waals surface area contributed by atoms with Crippen LogP contribution in [0.1, 0.15) is 26.1 Å². The molecule has 14 heavy (non-hydrogen) atoms. The zero-order valence-corrected chi connectivity index (χ0v) is 8.98. The molecular weight excluding hydrogens is 176 g/mol. The zero-order chi connectivity index (χ0) is 9.97. The third-order valence-corrected chi connectivity index (χ3v) is 2.71. The van der Waals surface area contributed by atoms with Gasteiger partial charge >= 0.3 is 0 Å². The Morgan fingerprint density at radius 3 is 3.07 bits per heavy atom. The fourth-order valence-corrected chi connectivity index (χ4v) is 1.74. The molecule has 0 spiro atoms. The van der Waals surface area contributed by atoms with Crippen molar-refractivity contribution >= 4 is 0 Å². The van der Waals surface area contributed by atoms with Gasteiger partial charge in [-0.15, -0.1) is 0 Å². The second-order valence-corrected chi connectivity index (χ2v) is 4.36. The van der Waals surface area contributed by atoms with Crippen LogP contribution >= 0.6 is 0 Å². The van der Waals surface area contributed by atoms with E-state index < -0.39 is 0 Å². The fraction of sp³-hybridized carbons (Fsp3) is 0.800. The molecule has 0 saturated heterocycles. The molecule has 0 fully saturated rings. The smallest absolute Gasteiger partial charge is 0.141 e. The Kier molecular flexibility index (Phi) is 2.82.